The summed E-state index contributed by atoms with van der Waals surface area (Å²) in [6.07, 6.45) is 2.05. The van der Waals surface area contributed by atoms with E-state index in [0.717, 1.165) is 24.2 Å². The van der Waals surface area contributed by atoms with E-state index in [9.17, 15) is 17.6 Å². The van der Waals surface area contributed by atoms with Crippen molar-refractivity contribution in [3.63, 3.8) is 0 Å². The Morgan fingerprint density at radius 3 is 2.48 bits per heavy atom. The third-order valence-corrected chi connectivity index (χ3v) is 6.55. The minimum atomic E-state index is -3.68. The van der Waals surface area contributed by atoms with Gasteiger partial charge in [-0.05, 0) is 49.2 Å². The van der Waals surface area contributed by atoms with Crippen LogP contribution in [-0.2, 0) is 21.3 Å². The fourth-order valence-corrected chi connectivity index (χ4v) is 4.63. The maximum Gasteiger partial charge on any atom is 0.287 e. The fourth-order valence-electron chi connectivity index (χ4n) is 3.24. The van der Waals surface area contributed by atoms with Crippen LogP contribution in [0.25, 0.3) is 0 Å². The minimum Gasteiger partial charge on any atom is -0.494 e. The molecule has 0 aliphatic carbocycles. The molecule has 1 unspecified atom stereocenters. The Kier molecular flexibility index (Phi) is 8.27. The van der Waals surface area contributed by atoms with Gasteiger partial charge >= 0.3 is 0 Å². The Morgan fingerprint density at radius 1 is 1.06 bits per heavy atom. The van der Waals surface area contributed by atoms with Crippen molar-refractivity contribution in [3.8, 4) is 5.75 Å². The van der Waals surface area contributed by atoms with Crippen molar-refractivity contribution in [2.24, 2.45) is 0 Å². The zero-order chi connectivity index (χ0) is 23.8. The highest BCUT2D eigenvalue weighted by molar-refractivity contribution is 7.89. The van der Waals surface area contributed by atoms with Crippen molar-refractivity contribution in [3.05, 3.63) is 89.1 Å². The summed E-state index contributed by atoms with van der Waals surface area (Å²) in [4.78, 5) is 12.6. The SMILES string of the molecule is CCCCOc1ccc(C(C)NC(=O)c2ccc(CS(=O)(=O)Cc3ccccc3F)o2)cc1. The Balaban J connectivity index is 1.57. The number of hydrogen-bond acceptors (Lipinski definition) is 5. The molecule has 0 fully saturated rings. The number of nitrogens with one attached hydrogen (secondary N) is 1. The highest BCUT2D eigenvalue weighted by Gasteiger charge is 2.20. The first-order valence-electron chi connectivity index (χ1n) is 10.8. The molecule has 1 heterocycles. The van der Waals surface area contributed by atoms with E-state index in [-0.39, 0.29) is 23.1 Å². The highest BCUT2D eigenvalue weighted by Crippen LogP contribution is 2.20. The number of sulfone groups is 1. The topological polar surface area (TPSA) is 85.6 Å². The Hall–Kier alpha value is -3.13. The molecule has 0 aliphatic rings. The van der Waals surface area contributed by atoms with E-state index in [4.69, 9.17) is 9.15 Å². The zero-order valence-electron chi connectivity index (χ0n) is 18.7. The van der Waals surface area contributed by atoms with E-state index in [0.29, 0.717) is 6.61 Å². The lowest BCUT2D eigenvalue weighted by Crippen LogP contribution is -2.26. The molecule has 33 heavy (non-hydrogen) atoms. The second kappa shape index (κ2) is 11.1. The summed E-state index contributed by atoms with van der Waals surface area (Å²) in [5.41, 5.74) is 0.989. The van der Waals surface area contributed by atoms with E-state index in [1.54, 1.807) is 6.07 Å². The van der Waals surface area contributed by atoms with Crippen molar-refractivity contribution >= 4 is 15.7 Å². The highest BCUT2D eigenvalue weighted by atomic mass is 32.2. The number of carbonyl (C=O) groups excluding carboxylic acids is 1. The number of amides is 1. The van der Waals surface area contributed by atoms with Gasteiger partial charge in [-0.15, -0.1) is 0 Å². The van der Waals surface area contributed by atoms with E-state index in [1.807, 2.05) is 31.2 Å². The first kappa shape index (κ1) is 24.5. The number of halogens is 1. The lowest BCUT2D eigenvalue weighted by atomic mass is 10.1. The van der Waals surface area contributed by atoms with Crippen molar-refractivity contribution in [1.82, 2.24) is 5.32 Å². The molecule has 0 radical (unpaired) electrons. The Bertz CT molecular complexity index is 1170. The van der Waals surface area contributed by atoms with Crippen LogP contribution in [0.15, 0.2) is 65.1 Å². The number of furan rings is 1. The third-order valence-electron chi connectivity index (χ3n) is 5.08. The van der Waals surface area contributed by atoms with Crippen LogP contribution < -0.4 is 10.1 Å². The second-order valence-corrected chi connectivity index (χ2v) is 9.92. The molecule has 176 valence electrons. The molecule has 3 aromatic rings. The van der Waals surface area contributed by atoms with Gasteiger partial charge in [0.05, 0.1) is 18.4 Å². The minimum absolute atomic E-state index is 0.0115. The Labute approximate surface area is 193 Å². The third kappa shape index (κ3) is 7.18. The summed E-state index contributed by atoms with van der Waals surface area (Å²) >= 11 is 0. The van der Waals surface area contributed by atoms with Gasteiger partial charge in [-0.25, -0.2) is 12.8 Å². The van der Waals surface area contributed by atoms with E-state index in [2.05, 4.69) is 12.2 Å². The maximum atomic E-state index is 13.8. The second-order valence-electron chi connectivity index (χ2n) is 7.86. The molecule has 0 saturated heterocycles. The predicted molar refractivity (Wildman–Crippen MR) is 124 cm³/mol. The number of rotatable bonds is 11. The van der Waals surface area contributed by atoms with Gasteiger partial charge in [-0.2, -0.15) is 0 Å². The molecular weight excluding hydrogens is 445 g/mol. The van der Waals surface area contributed by atoms with Crippen molar-refractivity contribution in [2.45, 2.75) is 44.2 Å². The summed E-state index contributed by atoms with van der Waals surface area (Å²) in [5, 5.41) is 2.84. The number of benzene rings is 2. The molecule has 0 bridgehead atoms. The van der Waals surface area contributed by atoms with Crippen LogP contribution in [0.1, 0.15) is 60.2 Å². The maximum absolute atomic E-state index is 13.8. The van der Waals surface area contributed by atoms with Crippen LogP contribution in [0.2, 0.25) is 0 Å². The molecule has 0 saturated carbocycles. The summed E-state index contributed by atoms with van der Waals surface area (Å²) in [5.74, 6) is -0.993. The lowest BCUT2D eigenvalue weighted by Gasteiger charge is -2.14. The smallest absolute Gasteiger partial charge is 0.287 e. The largest absolute Gasteiger partial charge is 0.494 e. The molecule has 0 spiro atoms. The van der Waals surface area contributed by atoms with Crippen molar-refractivity contribution in [2.75, 3.05) is 6.61 Å². The van der Waals surface area contributed by atoms with Gasteiger partial charge in [0.15, 0.2) is 15.6 Å². The quantitative estimate of drug-likeness (QED) is 0.387. The molecule has 8 heteroatoms. The summed E-state index contributed by atoms with van der Waals surface area (Å²) in [6, 6.07) is 15.8. The molecule has 1 amide bonds. The number of unbranched alkanes of at least 4 members (excludes halogenated alkanes) is 1. The molecule has 2 aromatic carbocycles. The van der Waals surface area contributed by atoms with E-state index < -0.39 is 33.1 Å². The average Bonchev–Trinajstić information content (AvgIpc) is 3.23. The standard InChI is InChI=1S/C25H28FNO5S/c1-3-4-15-31-21-11-9-19(10-12-21)18(2)27-25(28)24-14-13-22(32-24)17-33(29,30)16-20-7-5-6-8-23(20)26/h5-14,18H,3-4,15-17H2,1-2H3,(H,27,28). The van der Waals surface area contributed by atoms with Crippen LogP contribution in [0.4, 0.5) is 4.39 Å². The monoisotopic (exact) mass is 473 g/mol. The number of carbonyl (C=O) groups is 1. The van der Waals surface area contributed by atoms with Crippen LogP contribution in [0, 0.1) is 5.82 Å². The first-order chi connectivity index (χ1) is 15.8. The van der Waals surface area contributed by atoms with E-state index >= 15 is 0 Å². The van der Waals surface area contributed by atoms with Crippen LogP contribution in [0.3, 0.4) is 0 Å². The molecular formula is C25H28FNO5S. The van der Waals surface area contributed by atoms with Gasteiger partial charge in [0.2, 0.25) is 0 Å². The summed E-state index contributed by atoms with van der Waals surface area (Å²) in [7, 11) is -3.68. The van der Waals surface area contributed by atoms with Gasteiger partial charge in [0.25, 0.3) is 5.91 Å². The number of ether oxygens (including phenoxy) is 1. The molecule has 1 aromatic heterocycles. The van der Waals surface area contributed by atoms with Gasteiger partial charge < -0.3 is 14.5 Å². The average molecular weight is 474 g/mol. The van der Waals surface area contributed by atoms with E-state index in [1.165, 1.54) is 30.3 Å². The van der Waals surface area contributed by atoms with Crippen molar-refractivity contribution in [1.29, 1.82) is 0 Å². The molecule has 6 nitrogen and oxygen atoms in total. The first-order valence-corrected chi connectivity index (χ1v) is 12.7. The normalized spacial score (nSPS) is 12.3. The zero-order valence-corrected chi connectivity index (χ0v) is 19.5. The van der Waals surface area contributed by atoms with Gasteiger partial charge in [-0.3, -0.25) is 4.79 Å². The van der Waals surface area contributed by atoms with Crippen LogP contribution >= 0.6 is 0 Å². The summed E-state index contributed by atoms with van der Waals surface area (Å²) < 4.78 is 49.7. The molecule has 0 aliphatic heterocycles. The van der Waals surface area contributed by atoms with Gasteiger partial charge in [0, 0.05) is 5.56 Å². The predicted octanol–water partition coefficient (Wildman–Crippen LogP) is 5.20. The Morgan fingerprint density at radius 2 is 1.79 bits per heavy atom. The molecule has 3 rings (SSSR count). The fraction of sp³-hybridized carbons (Fsp3) is 0.320. The molecule has 1 atom stereocenters. The molecule has 1 N–H and O–H groups in total. The lowest BCUT2D eigenvalue weighted by molar-refractivity contribution is 0.0910. The number of hydrogen-bond donors (Lipinski definition) is 1. The van der Waals surface area contributed by atoms with Crippen LogP contribution in [-0.4, -0.2) is 20.9 Å². The van der Waals surface area contributed by atoms with Gasteiger partial charge in [-0.1, -0.05) is 43.7 Å². The summed E-state index contributed by atoms with van der Waals surface area (Å²) in [6.45, 7) is 4.61. The van der Waals surface area contributed by atoms with Crippen molar-refractivity contribution < 1.29 is 26.8 Å². The van der Waals surface area contributed by atoms with Crippen LogP contribution in [0.5, 0.6) is 5.75 Å². The van der Waals surface area contributed by atoms with Gasteiger partial charge in [0.1, 0.15) is 23.1 Å².